The molecule has 2 aromatic carbocycles. The Hall–Kier alpha value is -4.15. The van der Waals surface area contributed by atoms with E-state index in [0.717, 1.165) is 5.56 Å². The number of amides is 4. The van der Waals surface area contributed by atoms with Gasteiger partial charge in [0.15, 0.2) is 0 Å². The molecule has 186 valence electrons. The molecule has 3 rings (SSSR count). The van der Waals surface area contributed by atoms with E-state index in [1.807, 2.05) is 30.3 Å². The molecule has 0 spiro atoms. The van der Waals surface area contributed by atoms with Crippen LogP contribution < -0.4 is 21.4 Å². The molecule has 4 amide bonds. The van der Waals surface area contributed by atoms with Crippen LogP contribution in [0.4, 0.5) is 5.69 Å². The third kappa shape index (κ3) is 8.26. The van der Waals surface area contributed by atoms with Gasteiger partial charge < -0.3 is 20.4 Å². The molecular formula is C24H21Cl2N5O5. The zero-order chi connectivity index (χ0) is 25.9. The second-order valence-corrected chi connectivity index (χ2v) is 8.07. The third-order valence-corrected chi connectivity index (χ3v) is 5.33. The van der Waals surface area contributed by atoms with Gasteiger partial charge in [-0.3, -0.25) is 19.2 Å². The molecule has 36 heavy (non-hydrogen) atoms. The number of hydrazone groups is 1. The summed E-state index contributed by atoms with van der Waals surface area (Å²) in [7, 11) is 0. The molecule has 10 nitrogen and oxygen atoms in total. The van der Waals surface area contributed by atoms with Crippen LogP contribution in [0.1, 0.15) is 17.1 Å². The molecule has 0 atom stereocenters. The molecule has 4 N–H and O–H groups in total. The van der Waals surface area contributed by atoms with Crippen molar-refractivity contribution in [1.29, 1.82) is 0 Å². The van der Waals surface area contributed by atoms with Crippen molar-refractivity contribution < 1.29 is 23.6 Å². The van der Waals surface area contributed by atoms with Gasteiger partial charge in [0.2, 0.25) is 0 Å². The Labute approximate surface area is 216 Å². The molecular weight excluding hydrogens is 509 g/mol. The van der Waals surface area contributed by atoms with Crippen molar-refractivity contribution >= 4 is 58.7 Å². The number of nitrogens with zero attached hydrogens (tertiary/aromatic N) is 1. The van der Waals surface area contributed by atoms with Gasteiger partial charge in [-0.2, -0.15) is 5.10 Å². The van der Waals surface area contributed by atoms with Crippen LogP contribution in [-0.2, 0) is 32.1 Å². The van der Waals surface area contributed by atoms with Gasteiger partial charge in [0.05, 0.1) is 22.8 Å². The van der Waals surface area contributed by atoms with Crippen LogP contribution in [-0.4, -0.2) is 36.4 Å². The van der Waals surface area contributed by atoms with Gasteiger partial charge in [0.25, 0.3) is 0 Å². The highest BCUT2D eigenvalue weighted by molar-refractivity contribution is 6.43. The smallest absolute Gasteiger partial charge is 0.329 e. The summed E-state index contributed by atoms with van der Waals surface area (Å²) in [6.07, 6.45) is 1.78. The Morgan fingerprint density at radius 3 is 2.33 bits per heavy atom. The van der Waals surface area contributed by atoms with Gasteiger partial charge in [-0.25, -0.2) is 5.43 Å². The summed E-state index contributed by atoms with van der Waals surface area (Å²) in [6.45, 7) is 0.233. The van der Waals surface area contributed by atoms with Crippen LogP contribution in [0.15, 0.2) is 70.2 Å². The molecule has 0 bridgehead atoms. The quantitative estimate of drug-likeness (QED) is 0.201. The van der Waals surface area contributed by atoms with Gasteiger partial charge in [-0.15, -0.1) is 0 Å². The SMILES string of the molecule is O=C(NCCc1ccccc1)C(=O)N/N=C/c1ccc(CNC(=O)C(=O)Nc2ccc(Cl)c(Cl)c2)o1. The Kier molecular flexibility index (Phi) is 9.61. The average molecular weight is 530 g/mol. The summed E-state index contributed by atoms with van der Waals surface area (Å²) in [5.41, 5.74) is 3.45. The fraction of sp³-hybridized carbons (Fsp3) is 0.125. The molecule has 0 saturated carbocycles. The van der Waals surface area contributed by atoms with E-state index in [0.29, 0.717) is 29.4 Å². The monoisotopic (exact) mass is 529 g/mol. The topological polar surface area (TPSA) is 142 Å². The number of nitrogens with one attached hydrogen (secondary N) is 4. The van der Waals surface area contributed by atoms with Gasteiger partial charge >= 0.3 is 23.6 Å². The van der Waals surface area contributed by atoms with E-state index < -0.39 is 23.6 Å². The van der Waals surface area contributed by atoms with Crippen LogP contribution in [0, 0.1) is 0 Å². The lowest BCUT2D eigenvalue weighted by molar-refractivity contribution is -0.139. The summed E-state index contributed by atoms with van der Waals surface area (Å²) < 4.78 is 5.44. The Bertz CT molecular complexity index is 1280. The van der Waals surface area contributed by atoms with E-state index in [2.05, 4.69) is 26.5 Å². The van der Waals surface area contributed by atoms with Crippen LogP contribution in [0.25, 0.3) is 0 Å². The lowest BCUT2D eigenvalue weighted by Gasteiger charge is -2.06. The normalized spacial score (nSPS) is 10.6. The lowest BCUT2D eigenvalue weighted by atomic mass is 10.1. The van der Waals surface area contributed by atoms with E-state index in [4.69, 9.17) is 27.6 Å². The maximum absolute atomic E-state index is 12.0. The van der Waals surface area contributed by atoms with Crippen molar-refractivity contribution in [2.75, 3.05) is 11.9 Å². The maximum atomic E-state index is 12.0. The van der Waals surface area contributed by atoms with Crippen LogP contribution >= 0.6 is 23.2 Å². The Balaban J connectivity index is 1.38. The number of hydrogen-bond acceptors (Lipinski definition) is 6. The fourth-order valence-electron chi connectivity index (χ4n) is 2.82. The number of anilines is 1. The first-order chi connectivity index (χ1) is 17.3. The number of halogens is 2. The summed E-state index contributed by atoms with van der Waals surface area (Å²) in [6, 6.07) is 17.0. The van der Waals surface area contributed by atoms with Crippen molar-refractivity contribution in [3.63, 3.8) is 0 Å². The molecule has 1 heterocycles. The highest BCUT2D eigenvalue weighted by Crippen LogP contribution is 2.24. The minimum Gasteiger partial charge on any atom is -0.458 e. The van der Waals surface area contributed by atoms with Crippen LogP contribution in [0.3, 0.4) is 0 Å². The van der Waals surface area contributed by atoms with Crippen molar-refractivity contribution in [3.05, 3.63) is 87.8 Å². The molecule has 0 aliphatic rings. The molecule has 0 fully saturated rings. The molecule has 0 aliphatic heterocycles. The second-order valence-electron chi connectivity index (χ2n) is 7.26. The van der Waals surface area contributed by atoms with Gasteiger partial charge in [-0.1, -0.05) is 53.5 Å². The van der Waals surface area contributed by atoms with Gasteiger partial charge in [-0.05, 0) is 42.3 Å². The van der Waals surface area contributed by atoms with Crippen molar-refractivity contribution in [3.8, 4) is 0 Å². The number of rotatable bonds is 8. The second kappa shape index (κ2) is 13.1. The standard InChI is InChI=1S/C24H21Cl2N5O5/c25-19-9-6-16(12-20(19)26)30-23(34)21(32)28-13-17-7-8-18(36-17)14-29-31-24(35)22(33)27-11-10-15-4-2-1-3-5-15/h1-9,12,14H,10-11,13H2,(H,27,33)(H,28,32)(H,30,34)(H,31,35)/b29-14+. The first kappa shape index (κ1) is 26.5. The molecule has 3 aromatic rings. The molecule has 12 heteroatoms. The summed E-state index contributed by atoms with van der Waals surface area (Å²) in [5.74, 6) is -2.94. The first-order valence-electron chi connectivity index (χ1n) is 10.6. The molecule has 1 aromatic heterocycles. The van der Waals surface area contributed by atoms with E-state index in [1.165, 1.54) is 30.5 Å². The zero-order valence-electron chi connectivity index (χ0n) is 18.7. The predicted octanol–water partition coefficient (Wildman–Crippen LogP) is 2.65. The number of hydrogen-bond donors (Lipinski definition) is 4. The van der Waals surface area contributed by atoms with E-state index >= 15 is 0 Å². The lowest BCUT2D eigenvalue weighted by Crippen LogP contribution is -2.38. The number of benzene rings is 2. The summed E-state index contributed by atoms with van der Waals surface area (Å²) >= 11 is 11.7. The molecule has 0 radical (unpaired) electrons. The average Bonchev–Trinajstić information content (AvgIpc) is 3.33. The van der Waals surface area contributed by atoms with Crippen molar-refractivity contribution in [2.45, 2.75) is 13.0 Å². The summed E-state index contributed by atoms with van der Waals surface area (Å²) in [4.78, 5) is 47.7. The maximum Gasteiger partial charge on any atom is 0.329 e. The Morgan fingerprint density at radius 1 is 0.833 bits per heavy atom. The van der Waals surface area contributed by atoms with E-state index in [1.54, 1.807) is 6.07 Å². The highest BCUT2D eigenvalue weighted by Gasteiger charge is 2.15. The highest BCUT2D eigenvalue weighted by atomic mass is 35.5. The summed E-state index contributed by atoms with van der Waals surface area (Å²) in [5, 5.41) is 11.5. The van der Waals surface area contributed by atoms with Crippen molar-refractivity contribution in [1.82, 2.24) is 16.1 Å². The molecule has 0 aliphatic carbocycles. The van der Waals surface area contributed by atoms with E-state index in [9.17, 15) is 19.2 Å². The third-order valence-electron chi connectivity index (χ3n) is 4.60. The predicted molar refractivity (Wildman–Crippen MR) is 135 cm³/mol. The minimum atomic E-state index is -0.925. The Morgan fingerprint density at radius 2 is 1.58 bits per heavy atom. The number of carbonyl (C=O) groups excluding carboxylic acids is 4. The van der Waals surface area contributed by atoms with Crippen LogP contribution in [0.2, 0.25) is 10.0 Å². The minimum absolute atomic E-state index is 0.0718. The number of carbonyl (C=O) groups is 4. The largest absolute Gasteiger partial charge is 0.458 e. The molecule has 0 saturated heterocycles. The fourth-order valence-corrected chi connectivity index (χ4v) is 3.12. The van der Waals surface area contributed by atoms with E-state index in [-0.39, 0.29) is 17.3 Å². The van der Waals surface area contributed by atoms with Crippen LogP contribution in [0.5, 0.6) is 0 Å². The number of furan rings is 1. The van der Waals surface area contributed by atoms with Crippen molar-refractivity contribution in [2.24, 2.45) is 5.10 Å². The van der Waals surface area contributed by atoms with Gasteiger partial charge in [0, 0.05) is 12.2 Å². The first-order valence-corrected chi connectivity index (χ1v) is 11.4. The molecule has 0 unspecified atom stereocenters. The van der Waals surface area contributed by atoms with Gasteiger partial charge in [0.1, 0.15) is 11.5 Å². The zero-order valence-corrected chi connectivity index (χ0v) is 20.2.